The molecule has 116 valence electrons. The standard InChI is InChI=1S/C15H18N4O3/c1-3-16-15(20)19-8-13(9-19)21-12-6-4-11(5-7-12)14-17-10(2)18-22-14/h4-7,13H,3,8-9H2,1-2H3,(H,16,20). The van der Waals surface area contributed by atoms with Crippen LogP contribution < -0.4 is 10.1 Å². The number of urea groups is 1. The zero-order valence-corrected chi connectivity index (χ0v) is 12.6. The van der Waals surface area contributed by atoms with E-state index in [1.54, 1.807) is 11.8 Å². The molecule has 3 rings (SSSR count). The fraction of sp³-hybridized carbons (Fsp3) is 0.400. The van der Waals surface area contributed by atoms with Crippen LogP contribution in [-0.2, 0) is 0 Å². The number of ether oxygens (including phenoxy) is 1. The molecule has 2 aromatic rings. The topological polar surface area (TPSA) is 80.5 Å². The van der Waals surface area contributed by atoms with Gasteiger partial charge < -0.3 is 19.5 Å². The van der Waals surface area contributed by atoms with Crippen LogP contribution in [-0.4, -0.2) is 46.8 Å². The summed E-state index contributed by atoms with van der Waals surface area (Å²) in [7, 11) is 0. The molecule has 0 spiro atoms. The zero-order chi connectivity index (χ0) is 15.5. The third-order valence-electron chi connectivity index (χ3n) is 3.39. The number of likely N-dealkylation sites (tertiary alicyclic amines) is 1. The average Bonchev–Trinajstić information content (AvgIpc) is 2.90. The molecule has 22 heavy (non-hydrogen) atoms. The summed E-state index contributed by atoms with van der Waals surface area (Å²) in [4.78, 5) is 17.5. The minimum absolute atomic E-state index is 0.0375. The maximum absolute atomic E-state index is 11.6. The monoisotopic (exact) mass is 302 g/mol. The summed E-state index contributed by atoms with van der Waals surface area (Å²) in [6.07, 6.45) is 0.0408. The van der Waals surface area contributed by atoms with Gasteiger partial charge in [-0.25, -0.2) is 4.79 Å². The van der Waals surface area contributed by atoms with Gasteiger partial charge in [0.05, 0.1) is 13.1 Å². The smallest absolute Gasteiger partial charge is 0.317 e. The highest BCUT2D eigenvalue weighted by Gasteiger charge is 2.31. The van der Waals surface area contributed by atoms with Crippen LogP contribution in [0.25, 0.3) is 11.5 Å². The van der Waals surface area contributed by atoms with Crippen molar-refractivity contribution in [3.8, 4) is 17.2 Å². The van der Waals surface area contributed by atoms with Crippen molar-refractivity contribution >= 4 is 6.03 Å². The second-order valence-corrected chi connectivity index (χ2v) is 5.15. The Morgan fingerprint density at radius 2 is 2.14 bits per heavy atom. The number of nitrogens with one attached hydrogen (secondary N) is 1. The van der Waals surface area contributed by atoms with Crippen molar-refractivity contribution in [1.29, 1.82) is 0 Å². The molecule has 1 saturated heterocycles. The highest BCUT2D eigenvalue weighted by molar-refractivity contribution is 5.75. The van der Waals surface area contributed by atoms with Gasteiger partial charge in [-0.3, -0.25) is 0 Å². The Labute approximate surface area is 128 Å². The Kier molecular flexibility index (Phi) is 3.95. The van der Waals surface area contributed by atoms with E-state index in [0.29, 0.717) is 31.3 Å². The highest BCUT2D eigenvalue weighted by Crippen LogP contribution is 2.23. The molecular weight excluding hydrogens is 284 g/mol. The fourth-order valence-corrected chi connectivity index (χ4v) is 2.22. The number of carbonyl (C=O) groups excluding carboxylic acids is 1. The second-order valence-electron chi connectivity index (χ2n) is 5.15. The van der Waals surface area contributed by atoms with Crippen molar-refractivity contribution < 1.29 is 14.1 Å². The van der Waals surface area contributed by atoms with E-state index in [1.165, 1.54) is 0 Å². The third kappa shape index (κ3) is 3.03. The summed E-state index contributed by atoms with van der Waals surface area (Å²) < 4.78 is 10.9. The van der Waals surface area contributed by atoms with Gasteiger partial charge in [-0.2, -0.15) is 4.98 Å². The van der Waals surface area contributed by atoms with Crippen LogP contribution in [0.3, 0.4) is 0 Å². The lowest BCUT2D eigenvalue weighted by Gasteiger charge is -2.38. The molecule has 0 saturated carbocycles. The van der Waals surface area contributed by atoms with Crippen LogP contribution in [0.5, 0.6) is 5.75 Å². The van der Waals surface area contributed by atoms with Crippen molar-refractivity contribution in [2.24, 2.45) is 0 Å². The van der Waals surface area contributed by atoms with Crippen LogP contribution in [0.4, 0.5) is 4.79 Å². The minimum atomic E-state index is -0.0375. The van der Waals surface area contributed by atoms with E-state index < -0.39 is 0 Å². The van der Waals surface area contributed by atoms with Gasteiger partial charge in [-0.15, -0.1) is 0 Å². The molecule has 2 heterocycles. The highest BCUT2D eigenvalue weighted by atomic mass is 16.5. The first-order valence-electron chi connectivity index (χ1n) is 7.26. The van der Waals surface area contributed by atoms with Gasteiger partial charge in [0.2, 0.25) is 0 Å². The van der Waals surface area contributed by atoms with Gasteiger partial charge in [0.15, 0.2) is 5.82 Å². The Morgan fingerprint density at radius 1 is 1.41 bits per heavy atom. The number of hydrogen-bond donors (Lipinski definition) is 1. The van der Waals surface area contributed by atoms with Crippen molar-refractivity contribution in [3.05, 3.63) is 30.1 Å². The van der Waals surface area contributed by atoms with Crippen LogP contribution >= 0.6 is 0 Å². The molecule has 1 aliphatic heterocycles. The number of carbonyl (C=O) groups is 1. The third-order valence-corrected chi connectivity index (χ3v) is 3.39. The predicted octanol–water partition coefficient (Wildman–Crippen LogP) is 1.84. The quantitative estimate of drug-likeness (QED) is 0.932. The van der Waals surface area contributed by atoms with Gasteiger partial charge in [0, 0.05) is 12.1 Å². The maximum atomic E-state index is 11.6. The SMILES string of the molecule is CCNC(=O)N1CC(Oc2ccc(-c3nc(C)no3)cc2)C1. The molecule has 0 aliphatic carbocycles. The van der Waals surface area contributed by atoms with E-state index in [9.17, 15) is 4.79 Å². The summed E-state index contributed by atoms with van der Waals surface area (Å²) in [5, 5.41) is 6.53. The fourth-order valence-electron chi connectivity index (χ4n) is 2.22. The lowest BCUT2D eigenvalue weighted by molar-refractivity contribution is 0.0446. The molecule has 1 N–H and O–H groups in total. The molecule has 0 bridgehead atoms. The first-order chi connectivity index (χ1) is 10.7. The maximum Gasteiger partial charge on any atom is 0.317 e. The molecule has 1 aliphatic rings. The molecule has 7 nitrogen and oxygen atoms in total. The summed E-state index contributed by atoms with van der Waals surface area (Å²) in [6, 6.07) is 7.45. The van der Waals surface area contributed by atoms with Gasteiger partial charge in [0.1, 0.15) is 11.9 Å². The number of nitrogens with zero attached hydrogens (tertiary/aromatic N) is 3. The minimum Gasteiger partial charge on any atom is -0.487 e. The normalized spacial score (nSPS) is 14.5. The van der Waals surface area contributed by atoms with Crippen molar-refractivity contribution in [3.63, 3.8) is 0 Å². The van der Waals surface area contributed by atoms with E-state index in [4.69, 9.17) is 9.26 Å². The van der Waals surface area contributed by atoms with E-state index in [-0.39, 0.29) is 12.1 Å². The molecule has 0 unspecified atom stereocenters. The van der Waals surface area contributed by atoms with E-state index in [0.717, 1.165) is 11.3 Å². The lowest BCUT2D eigenvalue weighted by Crippen LogP contribution is -2.58. The van der Waals surface area contributed by atoms with Gasteiger partial charge in [-0.05, 0) is 38.1 Å². The van der Waals surface area contributed by atoms with Crippen molar-refractivity contribution in [2.45, 2.75) is 20.0 Å². The Morgan fingerprint density at radius 3 is 2.73 bits per heavy atom. The first kappa shape index (κ1) is 14.4. The molecule has 7 heteroatoms. The molecule has 1 fully saturated rings. The summed E-state index contributed by atoms with van der Waals surface area (Å²) in [5.74, 6) is 1.87. The van der Waals surface area contributed by atoms with E-state index in [1.807, 2.05) is 31.2 Å². The molecule has 2 amide bonds. The number of benzene rings is 1. The van der Waals surface area contributed by atoms with Gasteiger partial charge >= 0.3 is 6.03 Å². The van der Waals surface area contributed by atoms with Crippen LogP contribution in [0.15, 0.2) is 28.8 Å². The average molecular weight is 302 g/mol. The number of amides is 2. The largest absolute Gasteiger partial charge is 0.487 e. The molecule has 1 aromatic heterocycles. The lowest BCUT2D eigenvalue weighted by atomic mass is 10.1. The Hall–Kier alpha value is -2.57. The Bertz CT molecular complexity index is 647. The van der Waals surface area contributed by atoms with Crippen molar-refractivity contribution in [2.75, 3.05) is 19.6 Å². The van der Waals surface area contributed by atoms with Crippen LogP contribution in [0, 0.1) is 6.92 Å². The zero-order valence-electron chi connectivity index (χ0n) is 12.6. The summed E-state index contributed by atoms with van der Waals surface area (Å²) in [6.45, 7) is 5.53. The molecule has 0 atom stereocenters. The number of rotatable bonds is 4. The van der Waals surface area contributed by atoms with Crippen LogP contribution in [0.2, 0.25) is 0 Å². The molecule has 0 radical (unpaired) electrons. The Balaban J connectivity index is 1.53. The molecular formula is C15H18N4O3. The predicted molar refractivity (Wildman–Crippen MR) is 79.5 cm³/mol. The van der Waals surface area contributed by atoms with Crippen molar-refractivity contribution in [1.82, 2.24) is 20.4 Å². The van der Waals surface area contributed by atoms with Gasteiger partial charge in [-0.1, -0.05) is 5.16 Å². The molecule has 1 aromatic carbocycles. The second kappa shape index (κ2) is 6.05. The number of aryl methyl sites for hydroxylation is 1. The van der Waals surface area contributed by atoms with Gasteiger partial charge in [0.25, 0.3) is 5.89 Å². The van der Waals surface area contributed by atoms with Crippen LogP contribution in [0.1, 0.15) is 12.7 Å². The first-order valence-corrected chi connectivity index (χ1v) is 7.26. The summed E-state index contributed by atoms with van der Waals surface area (Å²) in [5.41, 5.74) is 0.852. The van der Waals surface area contributed by atoms with E-state index in [2.05, 4.69) is 15.5 Å². The summed E-state index contributed by atoms with van der Waals surface area (Å²) >= 11 is 0. The number of aromatic nitrogens is 2. The van der Waals surface area contributed by atoms with E-state index >= 15 is 0 Å². The number of hydrogen-bond acceptors (Lipinski definition) is 5.